The molecule has 2 heterocycles. The van der Waals surface area contributed by atoms with E-state index in [4.69, 9.17) is 4.74 Å². The minimum Gasteiger partial charge on any atom is -0.488 e. The third kappa shape index (κ3) is 5.18. The largest absolute Gasteiger partial charge is 0.488 e. The lowest BCUT2D eigenvalue weighted by Gasteiger charge is -2.29. The van der Waals surface area contributed by atoms with Crippen LogP contribution in [0.3, 0.4) is 0 Å². The first-order valence-corrected chi connectivity index (χ1v) is 12.4. The van der Waals surface area contributed by atoms with Crippen LogP contribution in [0.15, 0.2) is 77.7 Å². The maximum absolute atomic E-state index is 13.1. The Balaban J connectivity index is 1.26. The van der Waals surface area contributed by atoms with E-state index in [0.29, 0.717) is 24.4 Å². The summed E-state index contributed by atoms with van der Waals surface area (Å²) in [5, 5.41) is -0.471. The van der Waals surface area contributed by atoms with Crippen molar-refractivity contribution < 1.29 is 23.5 Å². The highest BCUT2D eigenvalue weighted by Crippen LogP contribution is 2.34. The number of rotatable bonds is 6. The molecule has 0 saturated carbocycles. The Bertz CT molecular complexity index is 1360. The Morgan fingerprint density at radius 1 is 0.972 bits per heavy atom. The summed E-state index contributed by atoms with van der Waals surface area (Å²) in [5.41, 5.74) is 3.73. The molecule has 2 aliphatic rings. The quantitative estimate of drug-likeness (QED) is 0.443. The average Bonchev–Trinajstić information content (AvgIpc) is 3.16. The molecular formula is C28H23FN2O4S. The van der Waals surface area contributed by atoms with Crippen LogP contribution in [0.25, 0.3) is 6.08 Å². The fourth-order valence-electron chi connectivity index (χ4n) is 4.19. The van der Waals surface area contributed by atoms with Gasteiger partial charge in [-0.05, 0) is 59.1 Å². The van der Waals surface area contributed by atoms with Gasteiger partial charge in [0.05, 0.1) is 4.91 Å². The molecule has 182 valence electrons. The van der Waals surface area contributed by atoms with Crippen LogP contribution < -0.4 is 4.74 Å². The number of para-hydroxylation sites is 1. The molecule has 8 heteroatoms. The summed E-state index contributed by atoms with van der Waals surface area (Å²) in [7, 11) is 0. The minimum absolute atomic E-state index is 0.222. The summed E-state index contributed by atoms with van der Waals surface area (Å²) in [6.45, 7) is 0.966. The molecule has 36 heavy (non-hydrogen) atoms. The summed E-state index contributed by atoms with van der Waals surface area (Å²) in [4.78, 5) is 41.5. The Labute approximate surface area is 212 Å². The van der Waals surface area contributed by atoms with Crippen molar-refractivity contribution in [1.29, 1.82) is 0 Å². The van der Waals surface area contributed by atoms with E-state index in [0.717, 1.165) is 34.2 Å². The van der Waals surface area contributed by atoms with Crippen LogP contribution in [-0.2, 0) is 29.2 Å². The molecule has 1 saturated heterocycles. The highest BCUT2D eigenvalue weighted by molar-refractivity contribution is 8.18. The lowest BCUT2D eigenvalue weighted by Crippen LogP contribution is -2.44. The lowest BCUT2D eigenvalue weighted by atomic mass is 10.00. The lowest BCUT2D eigenvalue weighted by molar-refractivity contribution is -0.136. The van der Waals surface area contributed by atoms with Gasteiger partial charge in [0, 0.05) is 18.7 Å². The molecule has 0 radical (unpaired) electrons. The molecule has 5 rings (SSSR count). The number of amides is 3. The molecular weight excluding hydrogens is 479 g/mol. The third-order valence-corrected chi connectivity index (χ3v) is 7.07. The molecule has 0 aliphatic carbocycles. The first kappa shape index (κ1) is 23.8. The van der Waals surface area contributed by atoms with E-state index < -0.39 is 11.1 Å². The second-order valence-corrected chi connectivity index (χ2v) is 9.55. The second-order valence-electron chi connectivity index (χ2n) is 8.55. The van der Waals surface area contributed by atoms with E-state index in [1.807, 2.05) is 18.2 Å². The van der Waals surface area contributed by atoms with Crippen molar-refractivity contribution in [1.82, 2.24) is 9.80 Å². The number of benzene rings is 3. The number of thioether (sulfide) groups is 1. The fourth-order valence-corrected chi connectivity index (χ4v) is 5.02. The number of hydrogen-bond acceptors (Lipinski definition) is 5. The van der Waals surface area contributed by atoms with Crippen molar-refractivity contribution in [3.8, 4) is 5.75 Å². The molecule has 0 aromatic heterocycles. The van der Waals surface area contributed by atoms with Gasteiger partial charge in [-0.3, -0.25) is 19.3 Å². The predicted molar refractivity (Wildman–Crippen MR) is 135 cm³/mol. The standard InChI is InChI=1S/C28H23FN2O4S/c29-23-11-9-19(10-12-23)18-35-24-8-4-3-6-21(24)15-25-27(33)31(28(34)36-25)17-26(32)30-14-13-20-5-1-2-7-22(20)16-30/h1-12,15H,13-14,16-18H2/b25-15-. The zero-order chi connectivity index (χ0) is 25.1. The van der Waals surface area contributed by atoms with Gasteiger partial charge in [0.15, 0.2) is 0 Å². The Morgan fingerprint density at radius 2 is 1.69 bits per heavy atom. The molecule has 6 nitrogen and oxygen atoms in total. The summed E-state index contributed by atoms with van der Waals surface area (Å²) in [5.74, 6) is -0.546. The highest BCUT2D eigenvalue weighted by Gasteiger charge is 2.37. The molecule has 0 N–H and O–H groups in total. The summed E-state index contributed by atoms with van der Waals surface area (Å²) < 4.78 is 19.0. The number of hydrogen-bond donors (Lipinski definition) is 0. The summed E-state index contributed by atoms with van der Waals surface area (Å²) in [6.07, 6.45) is 2.35. The number of carbonyl (C=O) groups excluding carboxylic acids is 3. The number of carbonyl (C=O) groups is 3. The van der Waals surface area contributed by atoms with E-state index in [9.17, 15) is 18.8 Å². The number of nitrogens with zero attached hydrogens (tertiary/aromatic N) is 2. The zero-order valence-corrected chi connectivity index (χ0v) is 20.2. The van der Waals surface area contributed by atoms with Crippen LogP contribution in [0.5, 0.6) is 5.75 Å². The normalized spacial score (nSPS) is 16.4. The second kappa shape index (κ2) is 10.4. The fraction of sp³-hybridized carbons (Fsp3) is 0.179. The number of halogens is 1. The van der Waals surface area contributed by atoms with Crippen molar-refractivity contribution in [2.24, 2.45) is 0 Å². The topological polar surface area (TPSA) is 66.9 Å². The number of ether oxygens (including phenoxy) is 1. The van der Waals surface area contributed by atoms with Crippen molar-refractivity contribution in [3.63, 3.8) is 0 Å². The van der Waals surface area contributed by atoms with Crippen LogP contribution >= 0.6 is 11.8 Å². The Morgan fingerprint density at radius 3 is 2.50 bits per heavy atom. The van der Waals surface area contributed by atoms with E-state index in [1.54, 1.807) is 47.4 Å². The van der Waals surface area contributed by atoms with Crippen molar-refractivity contribution in [2.75, 3.05) is 13.1 Å². The molecule has 3 aromatic rings. The van der Waals surface area contributed by atoms with Gasteiger partial charge in [0.2, 0.25) is 5.91 Å². The molecule has 1 fully saturated rings. The zero-order valence-electron chi connectivity index (χ0n) is 19.4. The molecule has 2 aliphatic heterocycles. The highest BCUT2D eigenvalue weighted by atomic mass is 32.2. The van der Waals surface area contributed by atoms with Gasteiger partial charge < -0.3 is 9.64 Å². The van der Waals surface area contributed by atoms with E-state index in [-0.39, 0.29) is 29.8 Å². The van der Waals surface area contributed by atoms with Gasteiger partial charge in [-0.15, -0.1) is 0 Å². The first-order valence-electron chi connectivity index (χ1n) is 11.5. The van der Waals surface area contributed by atoms with Crippen molar-refractivity contribution >= 4 is 34.9 Å². The predicted octanol–water partition coefficient (Wildman–Crippen LogP) is 5.03. The first-order chi connectivity index (χ1) is 17.5. The number of fused-ring (bicyclic) bond motifs is 1. The minimum atomic E-state index is -0.496. The van der Waals surface area contributed by atoms with Crippen molar-refractivity contribution in [2.45, 2.75) is 19.6 Å². The van der Waals surface area contributed by atoms with E-state index in [1.165, 1.54) is 17.7 Å². The maximum atomic E-state index is 13.1. The van der Waals surface area contributed by atoms with Gasteiger partial charge in [0.25, 0.3) is 11.1 Å². The van der Waals surface area contributed by atoms with Gasteiger partial charge in [-0.2, -0.15) is 0 Å². The van der Waals surface area contributed by atoms with Gasteiger partial charge in [-0.25, -0.2) is 4.39 Å². The maximum Gasteiger partial charge on any atom is 0.294 e. The number of imide groups is 1. The third-order valence-electron chi connectivity index (χ3n) is 6.16. The average molecular weight is 503 g/mol. The van der Waals surface area contributed by atoms with Crippen LogP contribution in [0.2, 0.25) is 0 Å². The van der Waals surface area contributed by atoms with Gasteiger partial charge >= 0.3 is 0 Å². The molecule has 0 atom stereocenters. The van der Waals surface area contributed by atoms with Crippen LogP contribution in [0, 0.1) is 5.82 Å². The van der Waals surface area contributed by atoms with E-state index in [2.05, 4.69) is 6.07 Å². The molecule has 3 amide bonds. The molecule has 0 unspecified atom stereocenters. The molecule has 3 aromatic carbocycles. The summed E-state index contributed by atoms with van der Waals surface area (Å²) >= 11 is 0.809. The Hall–Kier alpha value is -3.91. The van der Waals surface area contributed by atoms with Gasteiger partial charge in [0.1, 0.15) is 24.7 Å². The van der Waals surface area contributed by atoms with Gasteiger partial charge in [-0.1, -0.05) is 54.6 Å². The summed E-state index contributed by atoms with van der Waals surface area (Å²) in [6, 6.07) is 21.1. The molecule has 0 spiro atoms. The Kier molecular flexibility index (Phi) is 6.86. The monoisotopic (exact) mass is 502 g/mol. The van der Waals surface area contributed by atoms with E-state index >= 15 is 0 Å². The van der Waals surface area contributed by atoms with Crippen molar-refractivity contribution in [3.05, 3.63) is 106 Å². The SMILES string of the molecule is O=C(CN1C(=O)S/C(=C\c2ccccc2OCc2ccc(F)cc2)C1=O)N1CCc2ccccc2C1. The smallest absolute Gasteiger partial charge is 0.294 e. The molecule has 0 bridgehead atoms. The van der Waals surface area contributed by atoms with Crippen LogP contribution in [-0.4, -0.2) is 39.9 Å². The van der Waals surface area contributed by atoms with Crippen LogP contribution in [0.4, 0.5) is 9.18 Å². The van der Waals surface area contributed by atoms with Crippen LogP contribution in [0.1, 0.15) is 22.3 Å².